The number of nitrogens with one attached hydrogen (secondary N) is 1. The van der Waals surface area contributed by atoms with Crippen LogP contribution in [0.5, 0.6) is 5.75 Å². The Kier molecular flexibility index (Phi) is 5.38. The molecule has 6 heteroatoms. The van der Waals surface area contributed by atoms with Crippen molar-refractivity contribution in [2.75, 3.05) is 5.32 Å². The average Bonchev–Trinajstić information content (AvgIpc) is 2.95. The van der Waals surface area contributed by atoms with Crippen LogP contribution < -0.4 is 10.1 Å². The van der Waals surface area contributed by atoms with Gasteiger partial charge in [-0.3, -0.25) is 4.68 Å². The topological polar surface area (TPSA) is 86.7 Å². The van der Waals surface area contributed by atoms with E-state index < -0.39 is 0 Å². The van der Waals surface area contributed by atoms with Gasteiger partial charge in [-0.2, -0.15) is 15.6 Å². The Morgan fingerprint density at radius 1 is 1.35 bits per heavy atom. The Hall–Kier alpha value is -3.25. The van der Waals surface area contributed by atoms with Gasteiger partial charge in [-0.25, -0.2) is 0 Å². The van der Waals surface area contributed by atoms with E-state index in [4.69, 9.17) is 15.3 Å². The molecule has 0 saturated heterocycles. The second kappa shape index (κ2) is 7.67. The Morgan fingerprint density at radius 2 is 2.09 bits per heavy atom. The highest BCUT2D eigenvalue weighted by molar-refractivity contribution is 5.59. The fraction of sp³-hybridized carbons (Fsp3) is 0.235. The third-order valence-electron chi connectivity index (χ3n) is 3.26. The van der Waals surface area contributed by atoms with Crippen LogP contribution in [-0.4, -0.2) is 9.78 Å². The third kappa shape index (κ3) is 4.12. The normalized spacial score (nSPS) is 9.57. The van der Waals surface area contributed by atoms with E-state index in [0.717, 1.165) is 17.8 Å². The van der Waals surface area contributed by atoms with Gasteiger partial charge in [0.2, 0.25) is 0 Å². The van der Waals surface area contributed by atoms with Gasteiger partial charge in [0.25, 0.3) is 0 Å². The van der Waals surface area contributed by atoms with Crippen molar-refractivity contribution in [1.82, 2.24) is 9.78 Å². The van der Waals surface area contributed by atoms with Crippen LogP contribution in [0, 0.1) is 29.6 Å². The minimum absolute atomic E-state index is 0.000121. The number of hydrogen-bond donors (Lipinski definition) is 1. The van der Waals surface area contributed by atoms with Crippen LogP contribution in [0.3, 0.4) is 0 Å². The van der Waals surface area contributed by atoms with E-state index in [0.29, 0.717) is 18.0 Å². The zero-order valence-electron chi connectivity index (χ0n) is 13.1. The summed E-state index contributed by atoms with van der Waals surface area (Å²) < 4.78 is 7.72. The molecule has 23 heavy (non-hydrogen) atoms. The number of nitriles is 2. The minimum atomic E-state index is -0.000121. The van der Waals surface area contributed by atoms with Crippen LogP contribution in [0.15, 0.2) is 42.2 Å². The molecule has 2 aromatic rings. The first kappa shape index (κ1) is 16.1. The standard InChI is InChI=1S/C17H17N5O/c1-3-22-11-15(13(2)21-22)12-23-17-7-5-4-6-16(17)20-10-14(8-18)9-19/h4-7,10-11,20H,3,12H2,1-2H3. The molecular weight excluding hydrogens is 290 g/mol. The van der Waals surface area contributed by atoms with Gasteiger partial charge in [0, 0.05) is 24.5 Å². The number of rotatable bonds is 6. The number of aromatic nitrogens is 2. The summed E-state index contributed by atoms with van der Waals surface area (Å²) in [4.78, 5) is 0. The Labute approximate surface area is 135 Å². The molecule has 116 valence electrons. The summed E-state index contributed by atoms with van der Waals surface area (Å²) in [6.07, 6.45) is 3.33. The lowest BCUT2D eigenvalue weighted by Gasteiger charge is -2.10. The Bertz CT molecular complexity index is 776. The van der Waals surface area contributed by atoms with Crippen molar-refractivity contribution < 1.29 is 4.74 Å². The van der Waals surface area contributed by atoms with Crippen molar-refractivity contribution in [3.8, 4) is 17.9 Å². The molecule has 2 rings (SSSR count). The molecule has 0 fully saturated rings. The minimum Gasteiger partial charge on any atom is -0.487 e. The lowest BCUT2D eigenvalue weighted by Crippen LogP contribution is -1.99. The molecule has 0 atom stereocenters. The molecule has 6 nitrogen and oxygen atoms in total. The van der Waals surface area contributed by atoms with Gasteiger partial charge in [-0.15, -0.1) is 0 Å². The lowest BCUT2D eigenvalue weighted by molar-refractivity contribution is 0.307. The molecular formula is C17H17N5O. The SMILES string of the molecule is CCn1cc(COc2ccccc2NC=C(C#N)C#N)c(C)n1. The van der Waals surface area contributed by atoms with Crippen LogP contribution in [-0.2, 0) is 13.2 Å². The third-order valence-corrected chi connectivity index (χ3v) is 3.26. The van der Waals surface area contributed by atoms with Crippen LogP contribution in [0.4, 0.5) is 5.69 Å². The quantitative estimate of drug-likeness (QED) is 0.828. The average molecular weight is 307 g/mol. The number of nitrogens with zero attached hydrogens (tertiary/aromatic N) is 4. The molecule has 1 aromatic heterocycles. The number of allylic oxidation sites excluding steroid dienone is 1. The largest absolute Gasteiger partial charge is 0.487 e. The van der Waals surface area contributed by atoms with Gasteiger partial charge >= 0.3 is 0 Å². The van der Waals surface area contributed by atoms with E-state index in [2.05, 4.69) is 10.4 Å². The van der Waals surface area contributed by atoms with Crippen LogP contribution in [0.2, 0.25) is 0 Å². The predicted octanol–water partition coefficient (Wildman–Crippen LogP) is 3.13. The summed E-state index contributed by atoms with van der Waals surface area (Å²) in [6, 6.07) is 11.0. The lowest BCUT2D eigenvalue weighted by atomic mass is 10.2. The zero-order valence-corrected chi connectivity index (χ0v) is 13.1. The van der Waals surface area contributed by atoms with E-state index >= 15 is 0 Å². The highest BCUT2D eigenvalue weighted by Gasteiger charge is 2.07. The van der Waals surface area contributed by atoms with E-state index in [1.807, 2.05) is 49.0 Å². The summed E-state index contributed by atoms with van der Waals surface area (Å²) in [5, 5.41) is 24.8. The molecule has 0 bridgehead atoms. The van der Waals surface area contributed by atoms with E-state index in [1.165, 1.54) is 6.20 Å². The second-order valence-electron chi connectivity index (χ2n) is 4.81. The van der Waals surface area contributed by atoms with E-state index in [9.17, 15) is 0 Å². The first-order valence-electron chi connectivity index (χ1n) is 7.19. The summed E-state index contributed by atoms with van der Waals surface area (Å²) >= 11 is 0. The number of para-hydroxylation sites is 2. The molecule has 0 aliphatic carbocycles. The highest BCUT2D eigenvalue weighted by Crippen LogP contribution is 2.25. The molecule has 1 aromatic carbocycles. The molecule has 0 radical (unpaired) electrons. The fourth-order valence-corrected chi connectivity index (χ4v) is 1.97. The van der Waals surface area contributed by atoms with Crippen molar-refractivity contribution in [3.63, 3.8) is 0 Å². The van der Waals surface area contributed by atoms with Crippen molar-refractivity contribution >= 4 is 5.69 Å². The van der Waals surface area contributed by atoms with Crippen LogP contribution in [0.1, 0.15) is 18.2 Å². The van der Waals surface area contributed by atoms with Crippen LogP contribution in [0.25, 0.3) is 0 Å². The summed E-state index contributed by atoms with van der Waals surface area (Å²) in [6.45, 7) is 5.20. The molecule has 0 saturated carbocycles. The highest BCUT2D eigenvalue weighted by atomic mass is 16.5. The first-order valence-corrected chi connectivity index (χ1v) is 7.19. The summed E-state index contributed by atoms with van der Waals surface area (Å²) in [7, 11) is 0. The fourth-order valence-electron chi connectivity index (χ4n) is 1.97. The maximum atomic E-state index is 8.76. The molecule has 1 N–H and O–H groups in total. The number of hydrogen-bond acceptors (Lipinski definition) is 5. The molecule has 1 heterocycles. The zero-order chi connectivity index (χ0) is 16.7. The van der Waals surface area contributed by atoms with Crippen molar-refractivity contribution in [2.45, 2.75) is 27.0 Å². The van der Waals surface area contributed by atoms with Crippen molar-refractivity contribution in [1.29, 1.82) is 10.5 Å². The van der Waals surface area contributed by atoms with E-state index in [1.54, 1.807) is 12.1 Å². The Balaban J connectivity index is 2.11. The Morgan fingerprint density at radius 3 is 2.74 bits per heavy atom. The smallest absolute Gasteiger partial charge is 0.145 e. The van der Waals surface area contributed by atoms with Crippen LogP contribution >= 0.6 is 0 Å². The van der Waals surface area contributed by atoms with Gasteiger partial charge in [0.1, 0.15) is 30.1 Å². The number of ether oxygens (including phenoxy) is 1. The van der Waals surface area contributed by atoms with E-state index in [-0.39, 0.29) is 5.57 Å². The molecule has 0 aliphatic rings. The van der Waals surface area contributed by atoms with Gasteiger partial charge < -0.3 is 10.1 Å². The first-order chi connectivity index (χ1) is 11.2. The van der Waals surface area contributed by atoms with Gasteiger partial charge in [-0.1, -0.05) is 12.1 Å². The van der Waals surface area contributed by atoms with Crippen molar-refractivity contribution in [2.24, 2.45) is 0 Å². The number of aryl methyl sites for hydroxylation is 2. The molecule has 0 unspecified atom stereocenters. The number of anilines is 1. The van der Waals surface area contributed by atoms with Gasteiger partial charge in [0.05, 0.1) is 11.4 Å². The maximum absolute atomic E-state index is 8.76. The predicted molar refractivity (Wildman–Crippen MR) is 86.3 cm³/mol. The van der Waals surface area contributed by atoms with Gasteiger partial charge in [-0.05, 0) is 26.0 Å². The second-order valence-corrected chi connectivity index (χ2v) is 4.81. The number of benzene rings is 1. The summed E-state index contributed by atoms with van der Waals surface area (Å²) in [5.41, 5.74) is 2.65. The summed E-state index contributed by atoms with van der Waals surface area (Å²) in [5.74, 6) is 0.641. The molecule has 0 amide bonds. The molecule has 0 spiro atoms. The van der Waals surface area contributed by atoms with Crippen molar-refractivity contribution in [3.05, 3.63) is 53.5 Å². The monoisotopic (exact) mass is 307 g/mol. The van der Waals surface area contributed by atoms with Gasteiger partial charge in [0.15, 0.2) is 0 Å². The maximum Gasteiger partial charge on any atom is 0.145 e. The molecule has 0 aliphatic heterocycles.